The summed E-state index contributed by atoms with van der Waals surface area (Å²) in [6, 6.07) is 33.3. The average Bonchev–Trinajstić information content (AvgIpc) is 3.10. The number of thiophene rings is 1. The van der Waals surface area contributed by atoms with Crippen molar-refractivity contribution in [2.75, 3.05) is 0 Å². The third-order valence-electron chi connectivity index (χ3n) is 5.49. The number of benzene rings is 5. The number of fused-ring (bicyclic) bond motifs is 6. The first-order chi connectivity index (χ1) is 13.8. The number of hydrogen-bond donors (Lipinski definition) is 0. The van der Waals surface area contributed by atoms with Crippen molar-refractivity contribution in [2.45, 2.75) is 0 Å². The van der Waals surface area contributed by atoms with E-state index < -0.39 is 0 Å². The van der Waals surface area contributed by atoms with E-state index in [9.17, 15) is 0 Å². The Morgan fingerprint density at radius 3 is 2.18 bits per heavy atom. The summed E-state index contributed by atoms with van der Waals surface area (Å²) in [5, 5.41) is 8.00. The highest BCUT2D eigenvalue weighted by molar-refractivity contribution is 14.1. The maximum Gasteiger partial charge on any atom is 0.0440 e. The van der Waals surface area contributed by atoms with Crippen LogP contribution in [0.3, 0.4) is 0 Å². The third-order valence-corrected chi connectivity index (χ3v) is 7.43. The SMILES string of the molecule is Ic1cccc(-c2c3ccccc3cc3c2sc2c4ccccc4ccc32)c1. The highest BCUT2D eigenvalue weighted by Gasteiger charge is 2.16. The zero-order chi connectivity index (χ0) is 18.7. The monoisotopic (exact) mass is 486 g/mol. The Kier molecular flexibility index (Phi) is 3.71. The zero-order valence-electron chi connectivity index (χ0n) is 14.9. The fourth-order valence-electron chi connectivity index (χ4n) is 4.23. The van der Waals surface area contributed by atoms with Crippen molar-refractivity contribution >= 4 is 75.6 Å². The van der Waals surface area contributed by atoms with Gasteiger partial charge in [0.05, 0.1) is 0 Å². The van der Waals surface area contributed by atoms with E-state index in [1.54, 1.807) is 0 Å². The Morgan fingerprint density at radius 2 is 1.32 bits per heavy atom. The maximum absolute atomic E-state index is 2.41. The van der Waals surface area contributed by atoms with E-state index in [0.29, 0.717) is 0 Å². The van der Waals surface area contributed by atoms with Crippen LogP contribution >= 0.6 is 33.9 Å². The second-order valence-corrected chi connectivity index (χ2v) is 9.39. The molecule has 0 aliphatic carbocycles. The van der Waals surface area contributed by atoms with Crippen LogP contribution in [-0.2, 0) is 0 Å². The van der Waals surface area contributed by atoms with E-state index in [4.69, 9.17) is 0 Å². The quantitative estimate of drug-likeness (QED) is 0.204. The highest BCUT2D eigenvalue weighted by atomic mass is 127. The minimum absolute atomic E-state index is 1.27. The average molecular weight is 486 g/mol. The van der Waals surface area contributed by atoms with Gasteiger partial charge in [-0.05, 0) is 67.9 Å². The molecular weight excluding hydrogens is 471 g/mol. The van der Waals surface area contributed by atoms with Crippen LogP contribution in [0, 0.1) is 3.57 Å². The van der Waals surface area contributed by atoms with Gasteiger partial charge in [-0.3, -0.25) is 0 Å². The summed E-state index contributed by atoms with van der Waals surface area (Å²) in [7, 11) is 0. The van der Waals surface area contributed by atoms with Crippen molar-refractivity contribution < 1.29 is 0 Å². The molecule has 1 heterocycles. The van der Waals surface area contributed by atoms with E-state index in [2.05, 4.69) is 114 Å². The minimum atomic E-state index is 1.27. The largest absolute Gasteiger partial charge is 0.134 e. The van der Waals surface area contributed by atoms with Crippen LogP contribution in [0.2, 0.25) is 0 Å². The van der Waals surface area contributed by atoms with Crippen molar-refractivity contribution in [3.05, 3.63) is 94.6 Å². The first kappa shape index (κ1) is 16.5. The Morgan fingerprint density at radius 1 is 0.536 bits per heavy atom. The molecule has 1 aromatic heterocycles. The van der Waals surface area contributed by atoms with Crippen molar-refractivity contribution in [3.63, 3.8) is 0 Å². The summed E-state index contributed by atoms with van der Waals surface area (Å²) in [5.41, 5.74) is 2.65. The molecule has 0 saturated carbocycles. The highest BCUT2D eigenvalue weighted by Crippen LogP contribution is 2.46. The van der Waals surface area contributed by atoms with Gasteiger partial charge in [-0.1, -0.05) is 72.8 Å². The van der Waals surface area contributed by atoms with E-state index in [1.807, 2.05) is 11.3 Å². The van der Waals surface area contributed by atoms with Crippen molar-refractivity contribution in [1.82, 2.24) is 0 Å². The lowest BCUT2D eigenvalue weighted by atomic mass is 9.95. The van der Waals surface area contributed by atoms with Crippen LogP contribution in [0.15, 0.2) is 91.0 Å². The van der Waals surface area contributed by atoms with Crippen molar-refractivity contribution in [1.29, 1.82) is 0 Å². The normalized spacial score (nSPS) is 11.8. The molecule has 0 unspecified atom stereocenters. The van der Waals surface area contributed by atoms with Crippen LogP contribution in [-0.4, -0.2) is 0 Å². The lowest BCUT2D eigenvalue weighted by Crippen LogP contribution is -1.83. The van der Waals surface area contributed by atoms with Gasteiger partial charge in [0, 0.05) is 29.3 Å². The van der Waals surface area contributed by atoms with Crippen LogP contribution in [0.25, 0.3) is 52.8 Å². The van der Waals surface area contributed by atoms with E-state index in [-0.39, 0.29) is 0 Å². The molecule has 0 spiro atoms. The fraction of sp³-hybridized carbons (Fsp3) is 0. The molecule has 0 amide bonds. The van der Waals surface area contributed by atoms with Crippen molar-refractivity contribution in [3.8, 4) is 11.1 Å². The predicted octanol–water partition coefficient (Wildman–Crippen LogP) is 8.63. The van der Waals surface area contributed by atoms with Gasteiger partial charge in [0.15, 0.2) is 0 Å². The molecule has 0 radical (unpaired) electrons. The molecule has 0 bridgehead atoms. The van der Waals surface area contributed by atoms with Crippen LogP contribution in [0.5, 0.6) is 0 Å². The van der Waals surface area contributed by atoms with Gasteiger partial charge in [0.25, 0.3) is 0 Å². The number of hydrogen-bond acceptors (Lipinski definition) is 1. The molecule has 0 aliphatic heterocycles. The number of rotatable bonds is 1. The second kappa shape index (κ2) is 6.29. The van der Waals surface area contributed by atoms with E-state index >= 15 is 0 Å². The van der Waals surface area contributed by atoms with Crippen LogP contribution < -0.4 is 0 Å². The summed E-state index contributed by atoms with van der Waals surface area (Å²) in [6.07, 6.45) is 0. The Bertz CT molecular complexity index is 1520. The lowest BCUT2D eigenvalue weighted by Gasteiger charge is -2.10. The first-order valence-electron chi connectivity index (χ1n) is 9.31. The zero-order valence-corrected chi connectivity index (χ0v) is 17.9. The van der Waals surface area contributed by atoms with Gasteiger partial charge < -0.3 is 0 Å². The Balaban J connectivity index is 1.87. The van der Waals surface area contributed by atoms with Crippen molar-refractivity contribution in [2.24, 2.45) is 0 Å². The fourth-order valence-corrected chi connectivity index (χ4v) is 6.17. The van der Waals surface area contributed by atoms with Gasteiger partial charge in [-0.25, -0.2) is 0 Å². The summed E-state index contributed by atoms with van der Waals surface area (Å²) in [4.78, 5) is 0. The molecular formula is C26H15IS. The molecule has 0 aliphatic rings. The second-order valence-electron chi connectivity index (χ2n) is 7.13. The molecule has 6 aromatic rings. The molecule has 5 aromatic carbocycles. The molecule has 6 rings (SSSR count). The van der Waals surface area contributed by atoms with Gasteiger partial charge >= 0.3 is 0 Å². The molecule has 0 N–H and O–H groups in total. The standard InChI is InChI=1S/C26H15IS/c27-19-9-5-8-18(14-19)24-20-10-3-2-7-17(20)15-23-22-13-12-16-6-1-4-11-21(16)25(22)28-26(23)24/h1-15H. The summed E-state index contributed by atoms with van der Waals surface area (Å²) >= 11 is 4.34. The molecule has 0 atom stereocenters. The molecule has 28 heavy (non-hydrogen) atoms. The molecule has 0 fully saturated rings. The molecule has 0 nitrogen and oxygen atoms in total. The molecule has 0 saturated heterocycles. The van der Waals surface area contributed by atoms with E-state index in [0.717, 1.165) is 0 Å². The predicted molar refractivity (Wildman–Crippen MR) is 132 cm³/mol. The minimum Gasteiger partial charge on any atom is -0.134 e. The number of halogens is 1. The first-order valence-corrected chi connectivity index (χ1v) is 11.2. The summed E-state index contributed by atoms with van der Waals surface area (Å²) in [5.74, 6) is 0. The maximum atomic E-state index is 2.41. The van der Waals surface area contributed by atoms with Gasteiger partial charge in [0.1, 0.15) is 0 Å². The lowest BCUT2D eigenvalue weighted by molar-refractivity contribution is 1.64. The smallest absolute Gasteiger partial charge is 0.0440 e. The molecule has 2 heteroatoms. The van der Waals surface area contributed by atoms with Gasteiger partial charge in [-0.15, -0.1) is 11.3 Å². The Labute approximate surface area is 180 Å². The Hall–Kier alpha value is -2.43. The van der Waals surface area contributed by atoms with E-state index in [1.165, 1.54) is 56.4 Å². The summed E-state index contributed by atoms with van der Waals surface area (Å²) in [6.45, 7) is 0. The third kappa shape index (κ3) is 2.41. The molecule has 132 valence electrons. The van der Waals surface area contributed by atoms with Crippen LogP contribution in [0.4, 0.5) is 0 Å². The van der Waals surface area contributed by atoms with Crippen LogP contribution in [0.1, 0.15) is 0 Å². The summed E-state index contributed by atoms with van der Waals surface area (Å²) < 4.78 is 4.03. The van der Waals surface area contributed by atoms with Gasteiger partial charge in [-0.2, -0.15) is 0 Å². The topological polar surface area (TPSA) is 0 Å². The van der Waals surface area contributed by atoms with Gasteiger partial charge in [0.2, 0.25) is 0 Å².